The Kier molecular flexibility index (Phi) is 5.03. The van der Waals surface area contributed by atoms with E-state index >= 15 is 0 Å². The van der Waals surface area contributed by atoms with Gasteiger partial charge in [-0.3, -0.25) is 0 Å². The van der Waals surface area contributed by atoms with Gasteiger partial charge in [0.25, 0.3) is 0 Å². The number of nitrogens with two attached hydrogens (primary N) is 3. The molecular formula is CH9N3O6S3. The highest BCUT2D eigenvalue weighted by Gasteiger charge is 2.17. The van der Waals surface area contributed by atoms with Crippen molar-refractivity contribution < 1.29 is 25.3 Å². The fourth-order valence-electron chi connectivity index (χ4n) is 0. The molecule has 0 spiro atoms. The molecule has 0 saturated heterocycles. The van der Waals surface area contributed by atoms with E-state index in [0.717, 1.165) is 6.26 Å². The fraction of sp³-hybridized carbons (Fsp3) is 1.00. The Hall–Kier alpha value is -0.270. The van der Waals surface area contributed by atoms with Crippen molar-refractivity contribution in [2.45, 2.75) is 0 Å². The summed E-state index contributed by atoms with van der Waals surface area (Å²) >= 11 is 0. The van der Waals surface area contributed by atoms with Crippen LogP contribution in [0.4, 0.5) is 0 Å². The number of hydrogen-bond donors (Lipinski definition) is 3. The Bertz CT molecular complexity index is 401. The summed E-state index contributed by atoms with van der Waals surface area (Å²) in [4.78, 5) is 0. The lowest BCUT2D eigenvalue weighted by molar-refractivity contribution is 0.584. The minimum absolute atomic E-state index is 0.938. The lowest BCUT2D eigenvalue weighted by atomic mass is 12.0. The SMILES string of the molecule is CS(N)(=O)=O.NS(=O)(=O)S(N)(=O)=O. The van der Waals surface area contributed by atoms with Crippen LogP contribution >= 0.6 is 0 Å². The minimum Gasteiger partial charge on any atom is -0.229 e. The van der Waals surface area contributed by atoms with Crippen molar-refractivity contribution in [3.8, 4) is 0 Å². The second kappa shape index (κ2) is 4.30. The Labute approximate surface area is 75.4 Å². The van der Waals surface area contributed by atoms with Crippen LogP contribution in [-0.4, -0.2) is 31.5 Å². The van der Waals surface area contributed by atoms with Gasteiger partial charge in [0.05, 0.1) is 6.26 Å². The zero-order chi connectivity index (χ0) is 11.5. The topological polar surface area (TPSA) is 180 Å². The van der Waals surface area contributed by atoms with Crippen LogP contribution < -0.4 is 15.4 Å². The molecule has 0 aromatic heterocycles. The molecule has 0 bridgehead atoms. The molecule has 0 fully saturated rings. The largest absolute Gasteiger partial charge is 0.328 e. The molecule has 12 heteroatoms. The highest BCUT2D eigenvalue weighted by atomic mass is 33.2. The van der Waals surface area contributed by atoms with E-state index in [4.69, 9.17) is 0 Å². The van der Waals surface area contributed by atoms with Gasteiger partial charge in [-0.1, -0.05) is 0 Å². The average Bonchev–Trinajstić information content (AvgIpc) is 1.50. The Balaban J connectivity index is 0. The van der Waals surface area contributed by atoms with Gasteiger partial charge in [-0.05, 0) is 0 Å². The highest BCUT2D eigenvalue weighted by molar-refractivity contribution is 8.65. The first kappa shape index (κ1) is 15.2. The van der Waals surface area contributed by atoms with E-state index in [2.05, 4.69) is 15.4 Å². The number of rotatable bonds is 1. The van der Waals surface area contributed by atoms with E-state index < -0.39 is 28.1 Å². The van der Waals surface area contributed by atoms with Gasteiger partial charge in [0.1, 0.15) is 0 Å². The van der Waals surface area contributed by atoms with Gasteiger partial charge in [0.2, 0.25) is 10.0 Å². The van der Waals surface area contributed by atoms with Crippen molar-refractivity contribution in [3.63, 3.8) is 0 Å². The van der Waals surface area contributed by atoms with Crippen LogP contribution in [0, 0.1) is 0 Å². The smallest absolute Gasteiger partial charge is 0.229 e. The molecule has 0 amide bonds. The lowest BCUT2D eigenvalue weighted by Crippen LogP contribution is -2.29. The standard InChI is InChI=1S/CH5NO2S.H4N2O4S2/c1-5(2,3)4;1-7(3,4)8(2,5)6/h1H3,(H2,2,3,4);(H2,1,3,4)(H2,2,5,6). The molecule has 13 heavy (non-hydrogen) atoms. The summed E-state index contributed by atoms with van der Waals surface area (Å²) in [5.74, 6) is 0. The quantitative estimate of drug-likeness (QED) is 0.406. The second-order valence-electron chi connectivity index (χ2n) is 1.82. The van der Waals surface area contributed by atoms with Gasteiger partial charge in [0, 0.05) is 0 Å². The van der Waals surface area contributed by atoms with Gasteiger partial charge in [-0.15, -0.1) is 0 Å². The molecule has 0 rings (SSSR count). The van der Waals surface area contributed by atoms with Crippen LogP contribution in [0.5, 0.6) is 0 Å². The van der Waals surface area contributed by atoms with Crippen LogP contribution in [0.15, 0.2) is 0 Å². The lowest BCUT2D eigenvalue weighted by Gasteiger charge is -1.87. The molecule has 0 atom stereocenters. The third kappa shape index (κ3) is 14.6. The van der Waals surface area contributed by atoms with Crippen LogP contribution in [0.2, 0.25) is 0 Å². The number of hydrogen-bond acceptors (Lipinski definition) is 6. The molecule has 0 radical (unpaired) electrons. The molecule has 0 heterocycles. The maximum absolute atomic E-state index is 9.72. The van der Waals surface area contributed by atoms with E-state index in [-0.39, 0.29) is 0 Å². The van der Waals surface area contributed by atoms with Crippen molar-refractivity contribution in [1.82, 2.24) is 0 Å². The van der Waals surface area contributed by atoms with E-state index in [1.807, 2.05) is 0 Å². The molecule has 0 aliphatic heterocycles. The van der Waals surface area contributed by atoms with Gasteiger partial charge in [-0.25, -0.2) is 23.8 Å². The Morgan fingerprint density at radius 1 is 0.692 bits per heavy atom. The normalized spacial score (nSPS) is 12.9. The van der Waals surface area contributed by atoms with Crippen molar-refractivity contribution in [2.24, 2.45) is 15.4 Å². The van der Waals surface area contributed by atoms with Crippen molar-refractivity contribution in [3.05, 3.63) is 0 Å². The Morgan fingerprint density at radius 3 is 0.769 bits per heavy atom. The molecule has 82 valence electrons. The van der Waals surface area contributed by atoms with Crippen molar-refractivity contribution in [2.75, 3.05) is 6.26 Å². The van der Waals surface area contributed by atoms with Crippen LogP contribution in [-0.2, 0) is 28.1 Å². The van der Waals surface area contributed by atoms with Gasteiger partial charge in [-0.2, -0.15) is 16.8 Å². The molecule has 0 unspecified atom stereocenters. The molecule has 0 aliphatic carbocycles. The monoisotopic (exact) mass is 255 g/mol. The van der Waals surface area contributed by atoms with Gasteiger partial charge in [0.15, 0.2) is 0 Å². The molecular weight excluding hydrogens is 246 g/mol. The predicted molar refractivity (Wildman–Crippen MR) is 45.2 cm³/mol. The Morgan fingerprint density at radius 2 is 0.769 bits per heavy atom. The summed E-state index contributed by atoms with van der Waals surface area (Å²) < 4.78 is 57.7. The van der Waals surface area contributed by atoms with E-state index in [1.165, 1.54) is 0 Å². The first-order valence-electron chi connectivity index (χ1n) is 2.28. The van der Waals surface area contributed by atoms with Crippen LogP contribution in [0.1, 0.15) is 0 Å². The zero-order valence-electron chi connectivity index (χ0n) is 6.41. The third-order valence-electron chi connectivity index (χ3n) is 0.324. The summed E-state index contributed by atoms with van der Waals surface area (Å²) in [6, 6.07) is 0. The summed E-state index contributed by atoms with van der Waals surface area (Å²) in [6.45, 7) is 0. The predicted octanol–water partition coefficient (Wildman–Crippen LogP) is -3.62. The molecule has 0 saturated carbocycles. The first-order valence-corrected chi connectivity index (χ1v) is 7.85. The van der Waals surface area contributed by atoms with E-state index in [0.29, 0.717) is 0 Å². The van der Waals surface area contributed by atoms with E-state index in [1.54, 1.807) is 0 Å². The highest BCUT2D eigenvalue weighted by Crippen LogP contribution is 1.82. The van der Waals surface area contributed by atoms with Gasteiger partial charge >= 0.3 is 18.1 Å². The number of primary sulfonamides is 1. The third-order valence-corrected chi connectivity index (χ3v) is 2.91. The van der Waals surface area contributed by atoms with E-state index in [9.17, 15) is 25.3 Å². The molecule has 0 aromatic rings. The summed E-state index contributed by atoms with van der Waals surface area (Å²) in [6.07, 6.45) is 0.938. The molecule has 0 aliphatic rings. The molecule has 0 aromatic carbocycles. The maximum atomic E-state index is 9.72. The summed E-state index contributed by atoms with van der Waals surface area (Å²) in [5, 5.41) is 12.5. The van der Waals surface area contributed by atoms with Crippen LogP contribution in [0.25, 0.3) is 0 Å². The molecule has 6 N–H and O–H groups in total. The summed E-state index contributed by atoms with van der Waals surface area (Å²) in [5.41, 5.74) is 0. The minimum atomic E-state index is -4.59. The van der Waals surface area contributed by atoms with Crippen molar-refractivity contribution >= 4 is 28.1 Å². The zero-order valence-corrected chi connectivity index (χ0v) is 8.86. The second-order valence-corrected chi connectivity index (χ2v) is 8.23. The van der Waals surface area contributed by atoms with Gasteiger partial charge < -0.3 is 0 Å². The van der Waals surface area contributed by atoms with Crippen molar-refractivity contribution in [1.29, 1.82) is 0 Å². The number of sulfonamides is 1. The maximum Gasteiger partial charge on any atom is 0.328 e. The summed E-state index contributed by atoms with van der Waals surface area (Å²) in [7, 11) is -12.3. The fourth-order valence-corrected chi connectivity index (χ4v) is 0. The average molecular weight is 255 g/mol. The molecule has 9 nitrogen and oxygen atoms in total. The van der Waals surface area contributed by atoms with Crippen LogP contribution in [0.3, 0.4) is 0 Å². The first-order chi connectivity index (χ1) is 5.25.